The van der Waals surface area contributed by atoms with Crippen LogP contribution in [0.1, 0.15) is 87.2 Å². The quantitative estimate of drug-likeness (QED) is 0.501. The van der Waals surface area contributed by atoms with E-state index in [-0.39, 0.29) is 23.8 Å². The summed E-state index contributed by atoms with van der Waals surface area (Å²) in [4.78, 5) is 40.4. The first-order valence-electron chi connectivity index (χ1n) is 11.3. The van der Waals surface area contributed by atoms with E-state index < -0.39 is 5.97 Å². The Morgan fingerprint density at radius 3 is 2.55 bits per heavy atom. The summed E-state index contributed by atoms with van der Waals surface area (Å²) in [6.07, 6.45) is 8.45. The van der Waals surface area contributed by atoms with Crippen LogP contribution in [0.2, 0.25) is 0 Å². The van der Waals surface area contributed by atoms with Crippen molar-refractivity contribution < 1.29 is 19.1 Å². The van der Waals surface area contributed by atoms with Crippen LogP contribution in [0.5, 0.6) is 0 Å². The normalized spacial score (nSPS) is 14.7. The molecule has 0 aromatic carbocycles. The molecule has 1 aromatic rings. The third-order valence-corrected chi connectivity index (χ3v) is 6.70. The summed E-state index contributed by atoms with van der Waals surface area (Å²) >= 11 is 1.41. The smallest absolute Gasteiger partial charge is 0.350 e. The molecule has 172 valence electrons. The minimum absolute atomic E-state index is 0.0222. The van der Waals surface area contributed by atoms with Gasteiger partial charge in [0.15, 0.2) is 0 Å². The topological polar surface area (TPSA) is 75.7 Å². The van der Waals surface area contributed by atoms with Gasteiger partial charge < -0.3 is 15.0 Å². The zero-order valence-electron chi connectivity index (χ0n) is 19.5. The lowest BCUT2D eigenvalue weighted by Gasteiger charge is -2.23. The molecule has 1 atom stereocenters. The Kier molecular flexibility index (Phi) is 9.75. The number of allylic oxidation sites excluding steroid dienone is 2. The van der Waals surface area contributed by atoms with Crippen LogP contribution in [-0.4, -0.2) is 37.5 Å². The van der Waals surface area contributed by atoms with Crippen molar-refractivity contribution in [3.63, 3.8) is 0 Å². The summed E-state index contributed by atoms with van der Waals surface area (Å²) in [6, 6.07) is 2.00. The zero-order valence-corrected chi connectivity index (χ0v) is 20.3. The molecule has 0 fully saturated rings. The summed E-state index contributed by atoms with van der Waals surface area (Å²) in [7, 11) is 1.37. The molecule has 0 saturated carbocycles. The molecule has 0 bridgehead atoms. The van der Waals surface area contributed by atoms with Crippen LogP contribution >= 0.6 is 11.3 Å². The first-order chi connectivity index (χ1) is 14.8. The second kappa shape index (κ2) is 12.0. The number of hydrogen-bond donors (Lipinski definition) is 1. The molecule has 1 aromatic heterocycles. The molecule has 2 amide bonds. The highest BCUT2D eigenvalue weighted by molar-refractivity contribution is 7.15. The van der Waals surface area contributed by atoms with Crippen LogP contribution in [0.15, 0.2) is 12.1 Å². The molecule has 0 spiro atoms. The third-order valence-electron chi connectivity index (χ3n) is 5.52. The van der Waals surface area contributed by atoms with E-state index in [0.29, 0.717) is 23.5 Å². The number of nitrogens with zero attached hydrogens (tertiary/aromatic N) is 1. The van der Waals surface area contributed by atoms with E-state index in [1.54, 1.807) is 4.90 Å². The second-order valence-corrected chi connectivity index (χ2v) is 9.45. The number of methoxy groups -OCH3 is 1. The first kappa shape index (κ1) is 25.1. The largest absolute Gasteiger partial charge is 0.465 e. The first-order valence-corrected chi connectivity index (χ1v) is 12.1. The fourth-order valence-electron chi connectivity index (χ4n) is 3.65. The fourth-order valence-corrected chi connectivity index (χ4v) is 4.80. The van der Waals surface area contributed by atoms with Gasteiger partial charge in [0.2, 0.25) is 11.8 Å². The van der Waals surface area contributed by atoms with E-state index in [9.17, 15) is 14.4 Å². The van der Waals surface area contributed by atoms with Gasteiger partial charge >= 0.3 is 5.97 Å². The fraction of sp³-hybridized carbons (Fsp3) is 0.625. The van der Waals surface area contributed by atoms with Crippen molar-refractivity contribution in [2.75, 3.05) is 18.6 Å². The number of amides is 2. The Bertz CT molecular complexity index is 813. The number of rotatable bonds is 10. The highest BCUT2D eigenvalue weighted by Gasteiger charge is 2.26. The highest BCUT2D eigenvalue weighted by Crippen LogP contribution is 2.38. The van der Waals surface area contributed by atoms with E-state index in [4.69, 9.17) is 4.74 Å². The van der Waals surface area contributed by atoms with Gasteiger partial charge in [-0.1, -0.05) is 26.8 Å². The maximum atomic E-state index is 12.8. The lowest BCUT2D eigenvalue weighted by Crippen LogP contribution is -2.37. The molecular weight excluding hydrogens is 412 g/mol. The molecule has 0 radical (unpaired) electrons. The molecule has 1 N–H and O–H groups in total. The highest BCUT2D eigenvalue weighted by atomic mass is 32.1. The van der Waals surface area contributed by atoms with Crippen molar-refractivity contribution in [2.24, 2.45) is 5.92 Å². The van der Waals surface area contributed by atoms with Crippen LogP contribution in [0.4, 0.5) is 5.69 Å². The lowest BCUT2D eigenvalue weighted by atomic mass is 9.98. The van der Waals surface area contributed by atoms with Gasteiger partial charge in [0.1, 0.15) is 4.88 Å². The number of carbonyl (C=O) groups is 3. The predicted molar refractivity (Wildman–Crippen MR) is 126 cm³/mol. The van der Waals surface area contributed by atoms with Crippen LogP contribution < -0.4 is 10.2 Å². The maximum absolute atomic E-state index is 12.8. The number of ether oxygens (including phenoxy) is 1. The molecule has 7 heteroatoms. The van der Waals surface area contributed by atoms with E-state index in [1.165, 1.54) is 30.4 Å². The Morgan fingerprint density at radius 1 is 1.23 bits per heavy atom. The zero-order chi connectivity index (χ0) is 23.0. The number of thiophene rings is 1. The van der Waals surface area contributed by atoms with Crippen molar-refractivity contribution in [3.8, 4) is 0 Å². The second-order valence-electron chi connectivity index (χ2n) is 8.40. The standard InChI is InChI=1S/C24H36N2O4S/c1-6-21(27)26(14-10-11-17(4)25-23(28)16(2)3)19-15-20(18-12-8-7-9-13-18)31-22(19)24(29)30-5/h12,15-17H,6-11,13-14H2,1-5H3,(H,25,28). The van der Waals surface area contributed by atoms with Crippen LogP contribution in [0, 0.1) is 5.92 Å². The van der Waals surface area contributed by atoms with Crippen molar-refractivity contribution >= 4 is 40.4 Å². The average Bonchev–Trinajstić information content (AvgIpc) is 3.21. The van der Waals surface area contributed by atoms with Crippen molar-refractivity contribution in [3.05, 3.63) is 21.9 Å². The van der Waals surface area contributed by atoms with Crippen LogP contribution in [0.25, 0.3) is 5.57 Å². The number of carbonyl (C=O) groups excluding carboxylic acids is 3. The number of nitrogens with one attached hydrogen (secondary N) is 1. The van der Waals surface area contributed by atoms with Gasteiger partial charge in [-0.05, 0) is 57.1 Å². The van der Waals surface area contributed by atoms with Crippen LogP contribution in [-0.2, 0) is 14.3 Å². The number of anilines is 1. The summed E-state index contributed by atoms with van der Waals surface area (Å²) in [6.45, 7) is 8.04. The molecule has 1 heterocycles. The summed E-state index contributed by atoms with van der Waals surface area (Å²) in [5.74, 6) is -0.452. The lowest BCUT2D eigenvalue weighted by molar-refractivity contribution is -0.124. The minimum atomic E-state index is -0.408. The van der Waals surface area contributed by atoms with E-state index >= 15 is 0 Å². The van der Waals surface area contributed by atoms with Gasteiger partial charge in [-0.25, -0.2) is 4.79 Å². The Labute approximate surface area is 190 Å². The van der Waals surface area contributed by atoms with Crippen LogP contribution in [0.3, 0.4) is 0 Å². The number of esters is 1. The van der Waals surface area contributed by atoms with Gasteiger partial charge in [-0.2, -0.15) is 0 Å². The van der Waals surface area contributed by atoms with Crippen molar-refractivity contribution in [1.29, 1.82) is 0 Å². The molecule has 0 aliphatic heterocycles. The van der Waals surface area contributed by atoms with Crippen molar-refractivity contribution in [2.45, 2.75) is 78.7 Å². The predicted octanol–water partition coefficient (Wildman–Crippen LogP) is 5.18. The van der Waals surface area contributed by atoms with E-state index in [0.717, 1.165) is 37.0 Å². The van der Waals surface area contributed by atoms with Gasteiger partial charge in [-0.3, -0.25) is 9.59 Å². The van der Waals surface area contributed by atoms with E-state index in [2.05, 4.69) is 11.4 Å². The third kappa shape index (κ3) is 6.92. The van der Waals surface area contributed by atoms with Gasteiger partial charge in [0.25, 0.3) is 0 Å². The molecule has 31 heavy (non-hydrogen) atoms. The maximum Gasteiger partial charge on any atom is 0.350 e. The summed E-state index contributed by atoms with van der Waals surface area (Å²) in [5.41, 5.74) is 1.89. The molecule has 6 nitrogen and oxygen atoms in total. The molecule has 1 aliphatic carbocycles. The monoisotopic (exact) mass is 448 g/mol. The Morgan fingerprint density at radius 2 is 1.97 bits per heavy atom. The SMILES string of the molecule is CCC(=O)N(CCCC(C)NC(=O)C(C)C)c1cc(C2=CCCCC2)sc1C(=O)OC. The number of hydrogen-bond acceptors (Lipinski definition) is 5. The molecule has 1 unspecified atom stereocenters. The van der Waals surface area contributed by atoms with Crippen molar-refractivity contribution in [1.82, 2.24) is 5.32 Å². The molecule has 2 rings (SSSR count). The Hall–Kier alpha value is -2.15. The molecule has 0 saturated heterocycles. The van der Waals surface area contributed by atoms with Gasteiger partial charge in [-0.15, -0.1) is 11.3 Å². The van der Waals surface area contributed by atoms with E-state index in [1.807, 2.05) is 33.8 Å². The van der Waals surface area contributed by atoms with Gasteiger partial charge in [0, 0.05) is 29.8 Å². The summed E-state index contributed by atoms with van der Waals surface area (Å²) < 4.78 is 5.02. The molecule has 1 aliphatic rings. The summed E-state index contributed by atoms with van der Waals surface area (Å²) in [5, 5.41) is 3.00. The molecular formula is C24H36N2O4S. The van der Waals surface area contributed by atoms with Gasteiger partial charge in [0.05, 0.1) is 12.8 Å². The Balaban J connectivity index is 2.21. The minimum Gasteiger partial charge on any atom is -0.465 e. The average molecular weight is 449 g/mol.